The lowest BCUT2D eigenvalue weighted by molar-refractivity contribution is -0.227. The second-order valence-electron chi connectivity index (χ2n) is 4.30. The normalized spacial score (nSPS) is 23.8. The van der Waals surface area contributed by atoms with E-state index in [9.17, 15) is 13.2 Å². The van der Waals surface area contributed by atoms with Gasteiger partial charge in [-0.1, -0.05) is 43.7 Å². The Hall–Kier alpha value is 0.0400. The molecule has 1 fully saturated rings. The molecule has 0 saturated heterocycles. The molecule has 0 radical (unpaired) electrons. The molecule has 0 amide bonds. The fourth-order valence-corrected chi connectivity index (χ4v) is 2.12. The number of rotatable bonds is 3. The highest BCUT2D eigenvalue weighted by Crippen LogP contribution is 2.39. The van der Waals surface area contributed by atoms with Crippen LogP contribution in [0.4, 0.5) is 13.2 Å². The fourth-order valence-electron chi connectivity index (χ4n) is 2.01. The predicted octanol–water partition coefficient (Wildman–Crippen LogP) is 3.84. The summed E-state index contributed by atoms with van der Waals surface area (Å²) in [4.78, 5) is 0. The van der Waals surface area contributed by atoms with Crippen LogP contribution < -0.4 is 0 Å². The van der Waals surface area contributed by atoms with Crippen molar-refractivity contribution >= 4 is 11.6 Å². The molecule has 1 N–H and O–H groups in total. The minimum atomic E-state index is -4.73. The first-order valence-electron chi connectivity index (χ1n) is 5.31. The largest absolute Gasteiger partial charge is 0.431 e. The molecule has 90 valence electrons. The molecule has 15 heavy (non-hydrogen) atoms. The summed E-state index contributed by atoms with van der Waals surface area (Å²) in [5.74, 6) is 0.298. The molecule has 0 heterocycles. The second kappa shape index (κ2) is 4.91. The van der Waals surface area contributed by atoms with Crippen molar-refractivity contribution in [2.75, 3.05) is 0 Å². The zero-order chi connectivity index (χ0) is 11.5. The highest BCUT2D eigenvalue weighted by molar-refractivity contribution is 6.23. The molecule has 1 aliphatic rings. The van der Waals surface area contributed by atoms with E-state index < -0.39 is 17.7 Å². The minimum absolute atomic E-state index is 0.298. The smallest absolute Gasteiger partial charge is 0.368 e. The van der Waals surface area contributed by atoms with Crippen molar-refractivity contribution in [1.82, 2.24) is 0 Å². The number of aliphatic hydroxyl groups is 1. The van der Waals surface area contributed by atoms with Gasteiger partial charge in [0.05, 0.1) is 0 Å². The third kappa shape index (κ3) is 3.83. The topological polar surface area (TPSA) is 20.2 Å². The Kier molecular flexibility index (Phi) is 4.29. The van der Waals surface area contributed by atoms with Crippen LogP contribution in [0.3, 0.4) is 0 Å². The summed E-state index contributed by atoms with van der Waals surface area (Å²) in [6, 6.07) is 0. The molecule has 0 spiro atoms. The lowest BCUT2D eigenvalue weighted by Crippen LogP contribution is -2.39. The lowest BCUT2D eigenvalue weighted by Gasteiger charge is -2.27. The van der Waals surface area contributed by atoms with E-state index in [1.54, 1.807) is 0 Å². The van der Waals surface area contributed by atoms with Crippen molar-refractivity contribution in [1.29, 1.82) is 0 Å². The number of hydrogen-bond donors (Lipinski definition) is 1. The van der Waals surface area contributed by atoms with Crippen LogP contribution in [-0.2, 0) is 0 Å². The van der Waals surface area contributed by atoms with Gasteiger partial charge in [-0.25, -0.2) is 0 Å². The third-order valence-corrected chi connectivity index (χ3v) is 3.45. The molecule has 0 aromatic rings. The molecule has 0 bridgehead atoms. The van der Waals surface area contributed by atoms with Crippen LogP contribution in [0.5, 0.6) is 0 Å². The monoisotopic (exact) mass is 244 g/mol. The van der Waals surface area contributed by atoms with Crippen LogP contribution in [0, 0.1) is 5.92 Å². The van der Waals surface area contributed by atoms with E-state index in [-0.39, 0.29) is 0 Å². The van der Waals surface area contributed by atoms with Crippen molar-refractivity contribution in [3.63, 3.8) is 0 Å². The van der Waals surface area contributed by atoms with Crippen molar-refractivity contribution < 1.29 is 18.3 Å². The highest BCUT2D eigenvalue weighted by Gasteiger charge is 2.52. The number of hydrogen-bond acceptors (Lipinski definition) is 1. The molecule has 0 aromatic carbocycles. The Morgan fingerprint density at radius 1 is 1.13 bits per heavy atom. The van der Waals surface area contributed by atoms with Gasteiger partial charge in [0.1, 0.15) is 0 Å². The Bertz CT molecular complexity index is 197. The molecule has 0 aliphatic heterocycles. The number of alkyl halides is 4. The van der Waals surface area contributed by atoms with Gasteiger partial charge in [0.25, 0.3) is 0 Å². The van der Waals surface area contributed by atoms with Crippen LogP contribution in [0.25, 0.3) is 0 Å². The lowest BCUT2D eigenvalue weighted by atomic mass is 9.85. The second-order valence-corrected chi connectivity index (χ2v) is 4.93. The summed E-state index contributed by atoms with van der Waals surface area (Å²) < 4.78 is 36.6. The van der Waals surface area contributed by atoms with Crippen LogP contribution in [0.2, 0.25) is 0 Å². The van der Waals surface area contributed by atoms with Gasteiger partial charge in [-0.3, -0.25) is 0 Å². The van der Waals surface area contributed by atoms with E-state index in [1.165, 1.54) is 6.42 Å². The summed E-state index contributed by atoms with van der Waals surface area (Å²) in [7, 11) is 0. The van der Waals surface area contributed by atoms with Crippen molar-refractivity contribution in [2.24, 2.45) is 5.92 Å². The molecule has 0 aromatic heterocycles. The van der Waals surface area contributed by atoms with E-state index in [0.29, 0.717) is 12.3 Å². The first kappa shape index (κ1) is 13.1. The maximum atomic E-state index is 12.2. The van der Waals surface area contributed by atoms with Crippen molar-refractivity contribution in [3.05, 3.63) is 0 Å². The van der Waals surface area contributed by atoms with Gasteiger partial charge in [-0.2, -0.15) is 13.2 Å². The zero-order valence-corrected chi connectivity index (χ0v) is 9.24. The predicted molar refractivity (Wildman–Crippen MR) is 52.7 cm³/mol. The Labute approximate surface area is 92.6 Å². The molecule has 1 rings (SSSR count). The summed E-state index contributed by atoms with van der Waals surface area (Å²) in [6.07, 6.45) is 0.483. The van der Waals surface area contributed by atoms with E-state index in [2.05, 4.69) is 0 Å². The van der Waals surface area contributed by atoms with Crippen LogP contribution in [-0.4, -0.2) is 16.3 Å². The standard InChI is InChI=1S/C10H16ClF3O/c11-9(15,10(12,13)14)7-6-8-4-2-1-3-5-8/h8,15H,1-7H2. The van der Waals surface area contributed by atoms with Crippen LogP contribution in [0.1, 0.15) is 44.9 Å². The molecule has 1 unspecified atom stereocenters. The van der Waals surface area contributed by atoms with Gasteiger partial charge >= 0.3 is 6.18 Å². The molecular weight excluding hydrogens is 229 g/mol. The molecule has 5 heteroatoms. The third-order valence-electron chi connectivity index (χ3n) is 3.04. The fraction of sp³-hybridized carbons (Fsp3) is 1.00. The zero-order valence-electron chi connectivity index (χ0n) is 8.49. The van der Waals surface area contributed by atoms with Crippen molar-refractivity contribution in [2.45, 2.75) is 56.2 Å². The van der Waals surface area contributed by atoms with Gasteiger partial charge in [-0.15, -0.1) is 0 Å². The first-order chi connectivity index (χ1) is 6.83. The Balaban J connectivity index is 2.35. The first-order valence-corrected chi connectivity index (χ1v) is 5.69. The maximum absolute atomic E-state index is 12.2. The molecular formula is C10H16ClF3O. The average Bonchev–Trinajstić information content (AvgIpc) is 2.15. The van der Waals surface area contributed by atoms with E-state index in [0.717, 1.165) is 25.7 Å². The summed E-state index contributed by atoms with van der Waals surface area (Å²) in [5.41, 5.74) is 0. The van der Waals surface area contributed by atoms with E-state index in [4.69, 9.17) is 16.7 Å². The van der Waals surface area contributed by atoms with Crippen molar-refractivity contribution in [3.8, 4) is 0 Å². The maximum Gasteiger partial charge on any atom is 0.431 e. The Morgan fingerprint density at radius 2 is 1.67 bits per heavy atom. The summed E-state index contributed by atoms with van der Waals surface area (Å²) in [6.45, 7) is 0. The van der Waals surface area contributed by atoms with Gasteiger partial charge in [0, 0.05) is 0 Å². The average molecular weight is 245 g/mol. The summed E-state index contributed by atoms with van der Waals surface area (Å²) >= 11 is 5.06. The molecule has 1 saturated carbocycles. The van der Waals surface area contributed by atoms with E-state index >= 15 is 0 Å². The van der Waals surface area contributed by atoms with Gasteiger partial charge in [0.15, 0.2) is 0 Å². The van der Waals surface area contributed by atoms with Gasteiger partial charge < -0.3 is 5.11 Å². The molecule has 1 nitrogen and oxygen atoms in total. The van der Waals surface area contributed by atoms with Crippen LogP contribution in [0.15, 0.2) is 0 Å². The number of halogens is 4. The Morgan fingerprint density at radius 3 is 2.13 bits per heavy atom. The van der Waals surface area contributed by atoms with E-state index in [1.807, 2.05) is 0 Å². The highest BCUT2D eigenvalue weighted by atomic mass is 35.5. The molecule has 1 atom stereocenters. The van der Waals surface area contributed by atoms with Crippen LogP contribution >= 0.6 is 11.6 Å². The minimum Gasteiger partial charge on any atom is -0.368 e. The SMILES string of the molecule is OC(Cl)(CCC1CCCCC1)C(F)(F)F. The van der Waals surface area contributed by atoms with Gasteiger partial charge in [-0.05, 0) is 18.8 Å². The van der Waals surface area contributed by atoms with Gasteiger partial charge in [0.2, 0.25) is 5.06 Å². The summed E-state index contributed by atoms with van der Waals surface area (Å²) in [5, 5.41) is 5.98. The quantitative estimate of drug-likeness (QED) is 0.748. The molecule has 1 aliphatic carbocycles.